The predicted molar refractivity (Wildman–Crippen MR) is 71.1 cm³/mol. The van der Waals surface area contributed by atoms with Crippen LogP contribution in [0.5, 0.6) is 11.5 Å². The normalized spacial score (nSPS) is 21.3. The van der Waals surface area contributed by atoms with Crippen LogP contribution in [0.4, 0.5) is 4.79 Å². The molecule has 0 N–H and O–H groups in total. The van der Waals surface area contributed by atoms with Crippen molar-refractivity contribution in [3.63, 3.8) is 0 Å². The van der Waals surface area contributed by atoms with E-state index in [1.165, 1.54) is 6.21 Å². The van der Waals surface area contributed by atoms with Gasteiger partial charge in [-0.1, -0.05) is 13.0 Å². The number of hydrogen-bond acceptors (Lipinski definition) is 4. The molecule has 102 valence electrons. The topological polar surface area (TPSA) is 57.1 Å². The molecule has 0 saturated heterocycles. The van der Waals surface area contributed by atoms with Crippen LogP contribution in [0.2, 0.25) is 0 Å². The smallest absolute Gasteiger partial charge is 0.434 e. The summed E-state index contributed by atoms with van der Waals surface area (Å²) in [7, 11) is 1.59. The Morgan fingerprint density at radius 3 is 2.74 bits per heavy atom. The molecule has 0 saturated carbocycles. The highest BCUT2D eigenvalue weighted by Gasteiger charge is 2.34. The van der Waals surface area contributed by atoms with Gasteiger partial charge in [0, 0.05) is 5.56 Å². The average molecular weight is 263 g/mol. The summed E-state index contributed by atoms with van der Waals surface area (Å²) in [5.41, 5.74) is -0.0396. The molecule has 0 fully saturated rings. The number of methoxy groups -OCH3 is 1. The van der Waals surface area contributed by atoms with E-state index in [9.17, 15) is 4.79 Å². The quantitative estimate of drug-likeness (QED) is 0.819. The van der Waals surface area contributed by atoms with Gasteiger partial charge in [0.2, 0.25) is 0 Å². The summed E-state index contributed by atoms with van der Waals surface area (Å²) in [5.74, 6) is 1.29. The van der Waals surface area contributed by atoms with E-state index in [0.717, 1.165) is 12.0 Å². The first-order chi connectivity index (χ1) is 9.09. The zero-order valence-corrected chi connectivity index (χ0v) is 11.3. The Bertz CT molecular complexity index is 512. The highest BCUT2D eigenvalue weighted by atomic mass is 16.6. The van der Waals surface area contributed by atoms with E-state index in [0.29, 0.717) is 18.1 Å². The summed E-state index contributed by atoms with van der Waals surface area (Å²) >= 11 is 0. The van der Waals surface area contributed by atoms with Crippen molar-refractivity contribution in [2.45, 2.75) is 25.9 Å². The second-order valence-corrected chi connectivity index (χ2v) is 4.45. The number of aliphatic imine (C=N–C) groups is 1. The molecule has 0 aliphatic carbocycles. The lowest BCUT2D eigenvalue weighted by atomic mass is 9.97. The molecule has 19 heavy (non-hydrogen) atoms. The number of rotatable bonds is 5. The van der Waals surface area contributed by atoms with Crippen LogP contribution in [0.15, 0.2) is 23.2 Å². The maximum atomic E-state index is 11.1. The summed E-state index contributed by atoms with van der Waals surface area (Å²) in [6.07, 6.45) is 1.83. The van der Waals surface area contributed by atoms with Gasteiger partial charge in [-0.2, -0.15) is 4.99 Å². The minimum Gasteiger partial charge on any atom is -0.493 e. The average Bonchev–Trinajstić information content (AvgIpc) is 2.77. The number of cyclic esters (lactones) is 1. The molecule has 1 aromatic rings. The highest BCUT2D eigenvalue weighted by molar-refractivity contribution is 5.90. The van der Waals surface area contributed by atoms with Crippen LogP contribution in [0, 0.1) is 0 Å². The summed E-state index contributed by atoms with van der Waals surface area (Å²) < 4.78 is 16.1. The molecule has 5 nitrogen and oxygen atoms in total. The first-order valence-corrected chi connectivity index (χ1v) is 6.18. The number of carbonyl (C=O) groups excluding carboxylic acids is 1. The summed E-state index contributed by atoms with van der Waals surface area (Å²) in [6, 6.07) is 5.45. The van der Waals surface area contributed by atoms with Crippen molar-refractivity contribution in [2.24, 2.45) is 4.99 Å². The monoisotopic (exact) mass is 263 g/mol. The molecular formula is C14H17NO4. The molecule has 0 bridgehead atoms. The number of carbonyl (C=O) groups is 1. The molecule has 0 aromatic heterocycles. The van der Waals surface area contributed by atoms with E-state index < -0.39 is 11.7 Å². The van der Waals surface area contributed by atoms with Gasteiger partial charge in [-0.3, -0.25) is 0 Å². The van der Waals surface area contributed by atoms with Crippen LogP contribution < -0.4 is 9.47 Å². The summed E-state index contributed by atoms with van der Waals surface area (Å²) in [5, 5.41) is 0. The van der Waals surface area contributed by atoms with Crippen LogP contribution in [-0.2, 0) is 10.3 Å². The van der Waals surface area contributed by atoms with E-state index in [1.54, 1.807) is 20.1 Å². The van der Waals surface area contributed by atoms with Crippen molar-refractivity contribution >= 4 is 12.3 Å². The molecule has 2 rings (SSSR count). The molecular weight excluding hydrogens is 246 g/mol. The maximum Gasteiger partial charge on any atom is 0.434 e. The lowest BCUT2D eigenvalue weighted by molar-refractivity contribution is 0.0954. The van der Waals surface area contributed by atoms with Gasteiger partial charge in [-0.15, -0.1) is 0 Å². The molecule has 1 aliphatic heterocycles. The molecule has 1 amide bonds. The van der Waals surface area contributed by atoms with Crippen molar-refractivity contribution in [1.82, 2.24) is 0 Å². The SMILES string of the molecule is CCCOc1cc([C@]2(C)C=NC(=O)O2)ccc1OC. The third kappa shape index (κ3) is 2.70. The number of amides is 1. The lowest BCUT2D eigenvalue weighted by Gasteiger charge is -2.21. The minimum atomic E-state index is -0.840. The number of hydrogen-bond donors (Lipinski definition) is 0. The van der Waals surface area contributed by atoms with Gasteiger partial charge in [-0.05, 0) is 25.5 Å². The molecule has 0 spiro atoms. The van der Waals surface area contributed by atoms with Crippen molar-refractivity contribution in [3.8, 4) is 11.5 Å². The third-order valence-corrected chi connectivity index (χ3v) is 2.91. The minimum absolute atomic E-state index is 0.575. The van der Waals surface area contributed by atoms with Crippen molar-refractivity contribution in [3.05, 3.63) is 23.8 Å². The molecule has 0 unspecified atom stereocenters. The Balaban J connectivity index is 2.32. The fourth-order valence-electron chi connectivity index (χ4n) is 1.85. The van der Waals surface area contributed by atoms with Crippen LogP contribution in [-0.4, -0.2) is 26.0 Å². The van der Waals surface area contributed by atoms with E-state index >= 15 is 0 Å². The van der Waals surface area contributed by atoms with Gasteiger partial charge in [0.1, 0.15) is 0 Å². The molecule has 1 atom stereocenters. The Labute approximate surface area is 112 Å². The highest BCUT2D eigenvalue weighted by Crippen LogP contribution is 2.35. The Morgan fingerprint density at radius 2 is 2.16 bits per heavy atom. The second-order valence-electron chi connectivity index (χ2n) is 4.45. The van der Waals surface area contributed by atoms with Gasteiger partial charge in [0.05, 0.1) is 19.9 Å². The molecule has 1 aliphatic rings. The van der Waals surface area contributed by atoms with Gasteiger partial charge < -0.3 is 14.2 Å². The standard InChI is InChI=1S/C14H17NO4/c1-4-7-18-12-8-10(5-6-11(12)17-3)14(2)9-15-13(16)19-14/h5-6,8-9H,4,7H2,1-3H3/t14-/m0/s1. The number of ether oxygens (including phenoxy) is 3. The Hall–Kier alpha value is -2.04. The van der Waals surface area contributed by atoms with Gasteiger partial charge in [0.25, 0.3) is 0 Å². The van der Waals surface area contributed by atoms with Crippen LogP contribution in [0.25, 0.3) is 0 Å². The van der Waals surface area contributed by atoms with E-state index in [2.05, 4.69) is 4.99 Å². The van der Waals surface area contributed by atoms with Crippen LogP contribution >= 0.6 is 0 Å². The Morgan fingerprint density at radius 1 is 1.37 bits per heavy atom. The predicted octanol–water partition coefficient (Wildman–Crippen LogP) is 2.92. The van der Waals surface area contributed by atoms with Crippen molar-refractivity contribution in [2.75, 3.05) is 13.7 Å². The second kappa shape index (κ2) is 5.30. The molecule has 0 radical (unpaired) electrons. The maximum absolute atomic E-state index is 11.1. The Kier molecular flexibility index (Phi) is 3.74. The first kappa shape index (κ1) is 13.4. The molecule has 1 aromatic carbocycles. The van der Waals surface area contributed by atoms with Crippen LogP contribution in [0.3, 0.4) is 0 Å². The molecule has 5 heteroatoms. The number of nitrogens with zero attached hydrogens (tertiary/aromatic N) is 1. The van der Waals surface area contributed by atoms with Gasteiger partial charge >= 0.3 is 6.09 Å². The molecule has 1 heterocycles. The number of benzene rings is 1. The zero-order chi connectivity index (χ0) is 13.9. The third-order valence-electron chi connectivity index (χ3n) is 2.91. The lowest BCUT2D eigenvalue weighted by Crippen LogP contribution is -2.24. The summed E-state index contributed by atoms with van der Waals surface area (Å²) in [4.78, 5) is 14.8. The van der Waals surface area contributed by atoms with E-state index in [-0.39, 0.29) is 0 Å². The first-order valence-electron chi connectivity index (χ1n) is 6.18. The largest absolute Gasteiger partial charge is 0.493 e. The van der Waals surface area contributed by atoms with Gasteiger partial charge in [-0.25, -0.2) is 4.79 Å². The van der Waals surface area contributed by atoms with E-state index in [4.69, 9.17) is 14.2 Å². The van der Waals surface area contributed by atoms with E-state index in [1.807, 2.05) is 19.1 Å². The summed E-state index contributed by atoms with van der Waals surface area (Å²) in [6.45, 7) is 4.42. The van der Waals surface area contributed by atoms with Crippen LogP contribution in [0.1, 0.15) is 25.8 Å². The van der Waals surface area contributed by atoms with Gasteiger partial charge in [0.15, 0.2) is 17.1 Å². The van der Waals surface area contributed by atoms with Crippen molar-refractivity contribution < 1.29 is 19.0 Å². The fourth-order valence-corrected chi connectivity index (χ4v) is 1.85. The zero-order valence-electron chi connectivity index (χ0n) is 11.3. The van der Waals surface area contributed by atoms with Crippen molar-refractivity contribution in [1.29, 1.82) is 0 Å². The fraction of sp³-hybridized carbons (Fsp3) is 0.429.